The minimum absolute atomic E-state index is 0.520. The van der Waals surface area contributed by atoms with Crippen LogP contribution in [0.3, 0.4) is 0 Å². The molecule has 0 radical (unpaired) electrons. The average molecular weight is 853 g/mol. The summed E-state index contributed by atoms with van der Waals surface area (Å²) in [5, 5.41) is 7.27. The van der Waals surface area contributed by atoms with Crippen LogP contribution < -0.4 is 11.5 Å². The highest BCUT2D eigenvalue weighted by Gasteiger charge is 2.18. The van der Waals surface area contributed by atoms with Crippen LogP contribution in [0.25, 0.3) is 54.6 Å². The van der Waals surface area contributed by atoms with Gasteiger partial charge in [-0.1, -0.05) is 212 Å². The number of nitrogens with two attached hydrogens (primary N) is 2. The lowest BCUT2D eigenvalue weighted by Gasteiger charge is -2.15. The number of nitrogen functional groups attached to an aromatic ring is 2. The van der Waals surface area contributed by atoms with E-state index < -0.39 is 0 Å². The molecule has 66 heavy (non-hydrogen) atoms. The number of hydrogen-bond acceptors (Lipinski definition) is 6. The van der Waals surface area contributed by atoms with Crippen LogP contribution in [0.1, 0.15) is 45.3 Å². The molecule has 11 aromatic rings. The second-order valence-electron chi connectivity index (χ2n) is 16.7. The fourth-order valence-electron chi connectivity index (χ4n) is 8.79. The summed E-state index contributed by atoms with van der Waals surface area (Å²) in [6, 6.07) is 75.6. The summed E-state index contributed by atoms with van der Waals surface area (Å²) in [5.41, 5.74) is 23.7. The Hall–Kier alpha value is -8.48. The van der Waals surface area contributed by atoms with Gasteiger partial charge in [0, 0.05) is 36.8 Å². The molecular formula is C60H48N6. The molecule has 6 heteroatoms. The zero-order chi connectivity index (χ0) is 44.7. The summed E-state index contributed by atoms with van der Waals surface area (Å²) in [6.45, 7) is 0. The monoisotopic (exact) mass is 852 g/mol. The van der Waals surface area contributed by atoms with Gasteiger partial charge in [0.1, 0.15) is 23.3 Å². The van der Waals surface area contributed by atoms with E-state index in [1.807, 2.05) is 54.6 Å². The summed E-state index contributed by atoms with van der Waals surface area (Å²) < 4.78 is 0. The Kier molecular flexibility index (Phi) is 12.0. The number of nitrogens with zero attached hydrogens (tertiary/aromatic N) is 4. The van der Waals surface area contributed by atoms with Crippen molar-refractivity contribution in [1.29, 1.82) is 0 Å². The summed E-state index contributed by atoms with van der Waals surface area (Å²) in [7, 11) is 0. The van der Waals surface area contributed by atoms with Crippen LogP contribution >= 0.6 is 0 Å². The lowest BCUT2D eigenvalue weighted by molar-refractivity contribution is 0.926. The van der Waals surface area contributed by atoms with Crippen molar-refractivity contribution in [2.24, 2.45) is 0 Å². The minimum atomic E-state index is 0.520. The first-order chi connectivity index (χ1) is 32.5. The van der Waals surface area contributed by atoms with Crippen molar-refractivity contribution < 1.29 is 0 Å². The standard InChI is InChI=1S/C36H27N3.C24H21N3/c37-36-35(32-18-17-28-9-3-6-12-31(28)23-32)33(21-24-13-15-26-7-1-4-10-29(26)19-24)38-34(39-36)22-25-14-16-27-8-2-5-11-30(27)20-25;25-24-23(20-14-8-3-9-15-20)21(16-18-10-4-1-5-11-18)26-22(27-24)17-19-12-6-2-7-13-19/h1-20,23H,21-22H2,(H2,37,38,39);1-15H,16-17H2,(H2,25,26,27). The molecule has 2 heterocycles. The van der Waals surface area contributed by atoms with E-state index in [0.717, 1.165) is 51.7 Å². The van der Waals surface area contributed by atoms with Gasteiger partial charge in [0.05, 0.1) is 11.4 Å². The van der Waals surface area contributed by atoms with Crippen LogP contribution in [0.2, 0.25) is 0 Å². The molecule has 0 unspecified atom stereocenters. The Morgan fingerprint density at radius 2 is 0.636 bits per heavy atom. The molecule has 11 rings (SSSR count). The van der Waals surface area contributed by atoms with Crippen molar-refractivity contribution in [3.05, 3.63) is 264 Å². The van der Waals surface area contributed by atoms with E-state index in [9.17, 15) is 0 Å². The molecule has 0 spiro atoms. The number of fused-ring (bicyclic) bond motifs is 3. The fraction of sp³-hybridized carbons (Fsp3) is 0.0667. The molecule has 0 bridgehead atoms. The summed E-state index contributed by atoms with van der Waals surface area (Å²) in [4.78, 5) is 19.5. The molecule has 0 saturated heterocycles. The molecule has 4 N–H and O–H groups in total. The van der Waals surface area contributed by atoms with Crippen molar-refractivity contribution in [2.45, 2.75) is 25.7 Å². The molecule has 318 valence electrons. The predicted molar refractivity (Wildman–Crippen MR) is 273 cm³/mol. The smallest absolute Gasteiger partial charge is 0.135 e. The van der Waals surface area contributed by atoms with Crippen molar-refractivity contribution in [1.82, 2.24) is 19.9 Å². The van der Waals surface area contributed by atoms with Crippen LogP contribution in [-0.2, 0) is 25.7 Å². The maximum absolute atomic E-state index is 6.74. The van der Waals surface area contributed by atoms with Gasteiger partial charge in [0.25, 0.3) is 0 Å². The number of aromatic nitrogens is 4. The number of benzene rings is 9. The largest absolute Gasteiger partial charge is 0.383 e. The molecule has 6 nitrogen and oxygen atoms in total. The quantitative estimate of drug-likeness (QED) is 0.142. The Bertz CT molecular complexity index is 3440. The second-order valence-corrected chi connectivity index (χ2v) is 16.7. The highest BCUT2D eigenvalue weighted by atomic mass is 15.0. The Morgan fingerprint density at radius 3 is 1.15 bits per heavy atom. The van der Waals surface area contributed by atoms with E-state index >= 15 is 0 Å². The van der Waals surface area contributed by atoms with Gasteiger partial charge in [-0.3, -0.25) is 0 Å². The average Bonchev–Trinajstić information content (AvgIpc) is 3.35. The molecular weight excluding hydrogens is 805 g/mol. The third-order valence-corrected chi connectivity index (χ3v) is 12.0. The van der Waals surface area contributed by atoms with Gasteiger partial charge in [-0.25, -0.2) is 19.9 Å². The first kappa shape index (κ1) is 41.5. The van der Waals surface area contributed by atoms with Crippen molar-refractivity contribution in [2.75, 3.05) is 11.5 Å². The highest BCUT2D eigenvalue weighted by Crippen LogP contribution is 2.34. The molecule has 0 aliphatic carbocycles. The van der Waals surface area contributed by atoms with Gasteiger partial charge >= 0.3 is 0 Å². The molecule has 0 aliphatic rings. The van der Waals surface area contributed by atoms with Gasteiger partial charge in [-0.15, -0.1) is 0 Å². The maximum atomic E-state index is 6.74. The normalized spacial score (nSPS) is 11.1. The third kappa shape index (κ3) is 9.54. The second kappa shape index (κ2) is 19.1. The molecule has 0 saturated carbocycles. The Morgan fingerprint density at radius 1 is 0.273 bits per heavy atom. The predicted octanol–water partition coefficient (Wildman–Crippen LogP) is 13.3. The topological polar surface area (TPSA) is 104 Å². The van der Waals surface area contributed by atoms with Gasteiger partial charge in [-0.2, -0.15) is 0 Å². The first-order valence-electron chi connectivity index (χ1n) is 22.4. The van der Waals surface area contributed by atoms with E-state index in [-0.39, 0.29) is 0 Å². The van der Waals surface area contributed by atoms with Crippen LogP contribution in [0.4, 0.5) is 11.6 Å². The zero-order valence-corrected chi connectivity index (χ0v) is 36.6. The Labute approximate surface area is 385 Å². The van der Waals surface area contributed by atoms with Crippen LogP contribution in [0.15, 0.2) is 218 Å². The van der Waals surface area contributed by atoms with E-state index in [1.165, 1.54) is 54.6 Å². The molecule has 9 aromatic carbocycles. The third-order valence-electron chi connectivity index (χ3n) is 12.0. The fourth-order valence-corrected chi connectivity index (χ4v) is 8.79. The van der Waals surface area contributed by atoms with E-state index in [1.54, 1.807) is 0 Å². The zero-order valence-electron chi connectivity index (χ0n) is 36.6. The maximum Gasteiger partial charge on any atom is 0.135 e. The molecule has 0 aliphatic heterocycles. The van der Waals surface area contributed by atoms with Gasteiger partial charge in [0.15, 0.2) is 0 Å². The molecule has 2 aromatic heterocycles. The van der Waals surface area contributed by atoms with E-state index in [2.05, 4.69) is 169 Å². The SMILES string of the molecule is Nc1nc(Cc2ccc3ccccc3c2)nc(Cc2ccc3ccccc3c2)c1-c1ccc2ccccc2c1.Nc1nc(Cc2ccccc2)nc(Cc2ccccc2)c1-c1ccccc1. The highest BCUT2D eigenvalue weighted by molar-refractivity contribution is 5.90. The van der Waals surface area contributed by atoms with Gasteiger partial charge in [0.2, 0.25) is 0 Å². The number of rotatable bonds is 10. The Balaban J connectivity index is 0.000000166. The van der Waals surface area contributed by atoms with Crippen LogP contribution in [0.5, 0.6) is 0 Å². The summed E-state index contributed by atoms with van der Waals surface area (Å²) in [6.07, 6.45) is 2.68. The van der Waals surface area contributed by atoms with E-state index in [0.29, 0.717) is 30.9 Å². The first-order valence-corrected chi connectivity index (χ1v) is 22.4. The molecule has 0 atom stereocenters. The van der Waals surface area contributed by atoms with Crippen molar-refractivity contribution >= 4 is 44.0 Å². The summed E-state index contributed by atoms with van der Waals surface area (Å²) in [5.74, 6) is 2.55. The number of hydrogen-bond donors (Lipinski definition) is 2. The molecule has 0 fully saturated rings. The lowest BCUT2D eigenvalue weighted by atomic mass is 9.96. The van der Waals surface area contributed by atoms with Crippen LogP contribution in [0, 0.1) is 0 Å². The van der Waals surface area contributed by atoms with Crippen molar-refractivity contribution in [3.8, 4) is 22.3 Å². The van der Waals surface area contributed by atoms with Gasteiger partial charge < -0.3 is 11.5 Å². The number of anilines is 2. The minimum Gasteiger partial charge on any atom is -0.383 e. The van der Waals surface area contributed by atoms with E-state index in [4.69, 9.17) is 26.4 Å². The van der Waals surface area contributed by atoms with Gasteiger partial charge in [-0.05, 0) is 71.8 Å². The van der Waals surface area contributed by atoms with Crippen LogP contribution in [-0.4, -0.2) is 19.9 Å². The molecule has 0 amide bonds. The lowest BCUT2D eigenvalue weighted by Crippen LogP contribution is -2.08. The summed E-state index contributed by atoms with van der Waals surface area (Å²) >= 11 is 0. The van der Waals surface area contributed by atoms with Crippen molar-refractivity contribution in [3.63, 3.8) is 0 Å².